The maximum atomic E-state index is 13.4. The Morgan fingerprint density at radius 2 is 2.03 bits per heavy atom. The van der Waals surface area contributed by atoms with E-state index in [1.807, 2.05) is 58.3 Å². The quantitative estimate of drug-likeness (QED) is 0.848. The van der Waals surface area contributed by atoms with E-state index < -0.39 is 0 Å². The van der Waals surface area contributed by atoms with Crippen molar-refractivity contribution < 1.29 is 14.3 Å². The topological polar surface area (TPSA) is 61.9 Å². The summed E-state index contributed by atoms with van der Waals surface area (Å²) < 4.78 is 5.53. The Hall–Kier alpha value is -2.86. The first-order valence-corrected chi connectivity index (χ1v) is 10.2. The molecule has 2 aromatic rings. The van der Waals surface area contributed by atoms with Crippen LogP contribution in [0.5, 0.6) is 5.75 Å². The number of carbonyl (C=O) groups excluding carboxylic acids is 2. The molecule has 0 spiro atoms. The molecule has 2 heterocycles. The average Bonchev–Trinajstić information content (AvgIpc) is 3.17. The highest BCUT2D eigenvalue weighted by Crippen LogP contribution is 2.31. The van der Waals surface area contributed by atoms with Crippen molar-refractivity contribution in [1.82, 2.24) is 15.1 Å². The van der Waals surface area contributed by atoms with Gasteiger partial charge in [0.15, 0.2) is 0 Å². The smallest absolute Gasteiger partial charge is 0.254 e. The van der Waals surface area contributed by atoms with E-state index >= 15 is 0 Å². The molecule has 2 aromatic carbocycles. The van der Waals surface area contributed by atoms with Crippen LogP contribution in [-0.2, 0) is 11.3 Å². The van der Waals surface area contributed by atoms with Gasteiger partial charge in [0.05, 0.1) is 13.2 Å². The molecule has 2 saturated heterocycles. The minimum atomic E-state index is -0.0868. The molecule has 0 radical (unpaired) electrons. The summed E-state index contributed by atoms with van der Waals surface area (Å²) >= 11 is 0. The number of nitrogens with one attached hydrogen (secondary N) is 1. The van der Waals surface area contributed by atoms with Crippen LogP contribution in [0.15, 0.2) is 48.5 Å². The maximum Gasteiger partial charge on any atom is 0.254 e. The van der Waals surface area contributed by atoms with E-state index in [2.05, 4.69) is 5.32 Å². The van der Waals surface area contributed by atoms with E-state index in [0.717, 1.165) is 36.4 Å². The van der Waals surface area contributed by atoms with E-state index in [-0.39, 0.29) is 17.9 Å². The van der Waals surface area contributed by atoms with Crippen molar-refractivity contribution in [3.63, 3.8) is 0 Å². The van der Waals surface area contributed by atoms with E-state index in [1.54, 1.807) is 7.11 Å². The van der Waals surface area contributed by atoms with Gasteiger partial charge in [0.25, 0.3) is 5.91 Å². The Morgan fingerprint density at radius 3 is 2.83 bits per heavy atom. The number of ether oxygens (including phenoxy) is 1. The fraction of sp³-hybridized carbons (Fsp3) is 0.391. The third kappa shape index (κ3) is 4.12. The van der Waals surface area contributed by atoms with Crippen LogP contribution in [0.2, 0.25) is 0 Å². The van der Waals surface area contributed by atoms with Crippen molar-refractivity contribution >= 4 is 11.8 Å². The summed E-state index contributed by atoms with van der Waals surface area (Å²) in [5, 5.41) is 3.39. The Morgan fingerprint density at radius 1 is 1.17 bits per heavy atom. The number of piperazine rings is 1. The molecule has 0 saturated carbocycles. The van der Waals surface area contributed by atoms with E-state index in [4.69, 9.17) is 4.74 Å². The summed E-state index contributed by atoms with van der Waals surface area (Å²) in [6.45, 7) is 3.45. The van der Waals surface area contributed by atoms with Gasteiger partial charge in [-0.25, -0.2) is 0 Å². The predicted octanol–water partition coefficient (Wildman–Crippen LogP) is 2.60. The van der Waals surface area contributed by atoms with Crippen molar-refractivity contribution in [1.29, 1.82) is 0 Å². The zero-order valence-corrected chi connectivity index (χ0v) is 16.8. The van der Waals surface area contributed by atoms with Crippen LogP contribution >= 0.6 is 0 Å². The van der Waals surface area contributed by atoms with Crippen LogP contribution in [0, 0.1) is 0 Å². The summed E-state index contributed by atoms with van der Waals surface area (Å²) in [6, 6.07) is 15.5. The van der Waals surface area contributed by atoms with E-state index in [9.17, 15) is 9.59 Å². The Bertz CT molecular complexity index is 898. The highest BCUT2D eigenvalue weighted by atomic mass is 16.5. The summed E-state index contributed by atoms with van der Waals surface area (Å²) in [6.07, 6.45) is 1.54. The molecule has 152 valence electrons. The molecule has 1 N–H and O–H groups in total. The molecule has 0 bridgehead atoms. The van der Waals surface area contributed by atoms with Crippen LogP contribution in [0.4, 0.5) is 0 Å². The Labute approximate surface area is 171 Å². The van der Waals surface area contributed by atoms with Crippen molar-refractivity contribution in [2.24, 2.45) is 0 Å². The molecule has 2 aliphatic heterocycles. The van der Waals surface area contributed by atoms with Gasteiger partial charge in [0.2, 0.25) is 5.91 Å². The first kappa shape index (κ1) is 19.5. The molecular weight excluding hydrogens is 366 g/mol. The number of para-hydroxylation sites is 1. The molecule has 2 aliphatic rings. The third-order valence-corrected chi connectivity index (χ3v) is 5.72. The van der Waals surface area contributed by atoms with E-state index in [1.165, 1.54) is 0 Å². The number of likely N-dealkylation sites (tertiary alicyclic amines) is 1. The predicted molar refractivity (Wildman–Crippen MR) is 111 cm³/mol. The molecular formula is C23H27N3O3. The van der Waals surface area contributed by atoms with Crippen molar-refractivity contribution in [2.45, 2.75) is 25.4 Å². The van der Waals surface area contributed by atoms with Gasteiger partial charge in [-0.05, 0) is 30.2 Å². The summed E-state index contributed by atoms with van der Waals surface area (Å²) in [5.74, 6) is 0.998. The molecule has 6 nitrogen and oxygen atoms in total. The molecule has 29 heavy (non-hydrogen) atoms. The van der Waals surface area contributed by atoms with Crippen LogP contribution in [0.3, 0.4) is 0 Å². The molecule has 6 heteroatoms. The first-order chi connectivity index (χ1) is 14.2. The normalized spacial score (nSPS) is 19.5. The van der Waals surface area contributed by atoms with E-state index in [0.29, 0.717) is 31.6 Å². The summed E-state index contributed by atoms with van der Waals surface area (Å²) in [4.78, 5) is 29.1. The number of hydrogen-bond donors (Lipinski definition) is 1. The van der Waals surface area contributed by atoms with Gasteiger partial charge in [0.1, 0.15) is 5.75 Å². The number of carbonyl (C=O) groups is 2. The number of hydrogen-bond acceptors (Lipinski definition) is 4. The van der Waals surface area contributed by atoms with Crippen LogP contribution in [-0.4, -0.2) is 54.9 Å². The average molecular weight is 393 g/mol. The van der Waals surface area contributed by atoms with Gasteiger partial charge in [-0.2, -0.15) is 0 Å². The SMILES string of the molecule is COc1ccccc1C1CNCCN1C(=O)c1cccc(CN2CCCC2=O)c1. The number of rotatable bonds is 5. The molecule has 2 fully saturated rings. The fourth-order valence-electron chi connectivity index (χ4n) is 4.23. The van der Waals surface area contributed by atoms with Crippen LogP contribution in [0.1, 0.15) is 40.4 Å². The van der Waals surface area contributed by atoms with Gasteiger partial charge in [-0.15, -0.1) is 0 Å². The zero-order chi connectivity index (χ0) is 20.2. The monoisotopic (exact) mass is 393 g/mol. The van der Waals surface area contributed by atoms with Gasteiger partial charge in [0, 0.05) is 50.3 Å². The second-order valence-electron chi connectivity index (χ2n) is 7.58. The van der Waals surface area contributed by atoms with Crippen molar-refractivity contribution in [3.8, 4) is 5.75 Å². The molecule has 4 rings (SSSR count). The molecule has 0 aliphatic carbocycles. The zero-order valence-electron chi connectivity index (χ0n) is 16.8. The van der Waals surface area contributed by atoms with Crippen LogP contribution in [0.25, 0.3) is 0 Å². The van der Waals surface area contributed by atoms with Crippen LogP contribution < -0.4 is 10.1 Å². The Kier molecular flexibility index (Phi) is 5.81. The third-order valence-electron chi connectivity index (χ3n) is 5.72. The minimum Gasteiger partial charge on any atom is -0.496 e. The lowest BCUT2D eigenvalue weighted by atomic mass is 10.0. The maximum absolute atomic E-state index is 13.4. The number of nitrogens with zero attached hydrogens (tertiary/aromatic N) is 2. The lowest BCUT2D eigenvalue weighted by Gasteiger charge is -2.37. The number of methoxy groups -OCH3 is 1. The second-order valence-corrected chi connectivity index (χ2v) is 7.58. The van der Waals surface area contributed by atoms with Gasteiger partial charge < -0.3 is 19.9 Å². The van der Waals surface area contributed by atoms with Crippen molar-refractivity contribution in [3.05, 3.63) is 65.2 Å². The molecule has 2 amide bonds. The fourth-order valence-corrected chi connectivity index (χ4v) is 4.23. The number of benzene rings is 2. The summed E-state index contributed by atoms with van der Waals surface area (Å²) in [7, 11) is 1.66. The number of amides is 2. The largest absolute Gasteiger partial charge is 0.496 e. The molecule has 0 aromatic heterocycles. The van der Waals surface area contributed by atoms with Gasteiger partial charge >= 0.3 is 0 Å². The minimum absolute atomic E-state index is 0.0111. The molecule has 1 unspecified atom stereocenters. The highest BCUT2D eigenvalue weighted by molar-refractivity contribution is 5.95. The first-order valence-electron chi connectivity index (χ1n) is 10.2. The summed E-state index contributed by atoms with van der Waals surface area (Å²) in [5.41, 5.74) is 2.67. The van der Waals surface area contributed by atoms with Gasteiger partial charge in [-0.3, -0.25) is 9.59 Å². The Balaban J connectivity index is 1.57. The molecule has 1 atom stereocenters. The highest BCUT2D eigenvalue weighted by Gasteiger charge is 2.30. The van der Waals surface area contributed by atoms with Crippen molar-refractivity contribution in [2.75, 3.05) is 33.3 Å². The second kappa shape index (κ2) is 8.66. The lowest BCUT2D eigenvalue weighted by molar-refractivity contribution is -0.128. The van der Waals surface area contributed by atoms with Gasteiger partial charge in [-0.1, -0.05) is 30.3 Å². The lowest BCUT2D eigenvalue weighted by Crippen LogP contribution is -2.48. The standard InChI is InChI=1S/C23H27N3O3/c1-29-21-9-3-2-8-19(21)20-15-24-11-13-26(20)23(28)18-7-4-6-17(14-18)16-25-12-5-10-22(25)27/h2-4,6-9,14,20,24H,5,10-13,15-16H2,1H3.